The average molecular weight is 345 g/mol. The minimum absolute atomic E-state index is 0.0351. The molecule has 0 radical (unpaired) electrons. The maximum Gasteiger partial charge on any atom is 0.269 e. The van der Waals surface area contributed by atoms with E-state index in [9.17, 15) is 4.79 Å². The molecule has 0 saturated heterocycles. The van der Waals surface area contributed by atoms with Crippen LogP contribution in [0.2, 0.25) is 0 Å². The van der Waals surface area contributed by atoms with Crippen LogP contribution in [0.3, 0.4) is 0 Å². The smallest absolute Gasteiger partial charge is 0.269 e. The van der Waals surface area contributed by atoms with Crippen LogP contribution in [0.15, 0.2) is 21.5 Å². The zero-order valence-electron chi connectivity index (χ0n) is 12.8. The molecule has 0 aromatic carbocycles. The highest BCUT2D eigenvalue weighted by atomic mass is 32.2. The number of hydrogen-bond acceptors (Lipinski definition) is 6. The summed E-state index contributed by atoms with van der Waals surface area (Å²) in [6, 6.07) is 5.57. The van der Waals surface area contributed by atoms with Gasteiger partial charge in [0, 0.05) is 12.6 Å². The molecule has 0 bridgehead atoms. The van der Waals surface area contributed by atoms with E-state index in [0.29, 0.717) is 21.5 Å². The summed E-state index contributed by atoms with van der Waals surface area (Å²) in [5.41, 5.74) is 0.704. The lowest BCUT2D eigenvalue weighted by atomic mass is 10.3. The molecule has 2 aromatic heterocycles. The van der Waals surface area contributed by atoms with Gasteiger partial charge in [0.25, 0.3) is 5.56 Å². The second-order valence-electron chi connectivity index (χ2n) is 4.79. The van der Waals surface area contributed by atoms with Gasteiger partial charge in [-0.3, -0.25) is 9.36 Å². The molecule has 2 aromatic rings. The van der Waals surface area contributed by atoms with E-state index in [1.165, 1.54) is 4.57 Å². The van der Waals surface area contributed by atoms with E-state index in [1.54, 1.807) is 24.1 Å². The first-order valence-corrected chi connectivity index (χ1v) is 9.12. The lowest BCUT2D eigenvalue weighted by Gasteiger charge is -2.00. The number of thiazole rings is 1. The molecule has 2 rings (SSSR count). The molecular weight excluding hydrogens is 330 g/mol. The van der Waals surface area contributed by atoms with Crippen LogP contribution in [0, 0.1) is 29.6 Å². The van der Waals surface area contributed by atoms with Crippen LogP contribution in [0.5, 0.6) is 0 Å². The molecule has 0 saturated carbocycles. The van der Waals surface area contributed by atoms with Crippen LogP contribution < -0.4 is 14.8 Å². The summed E-state index contributed by atoms with van der Waals surface area (Å²) in [6.45, 7) is 2.38. The Kier molecular flexibility index (Phi) is 5.86. The fraction of sp³-hybridized carbons (Fsp3) is 0.312. The zero-order valence-corrected chi connectivity index (χ0v) is 14.5. The van der Waals surface area contributed by atoms with Crippen LogP contribution in [0.4, 0.5) is 0 Å². The molecule has 0 aliphatic rings. The van der Waals surface area contributed by atoms with Crippen molar-refractivity contribution >= 4 is 34.7 Å². The number of furan rings is 1. The van der Waals surface area contributed by atoms with Gasteiger partial charge in [-0.05, 0) is 37.0 Å². The first kappa shape index (κ1) is 17.1. The second kappa shape index (κ2) is 7.87. The van der Waals surface area contributed by atoms with Crippen molar-refractivity contribution in [3.8, 4) is 12.1 Å². The van der Waals surface area contributed by atoms with Gasteiger partial charge in [0.2, 0.25) is 0 Å². The maximum absolute atomic E-state index is 12.6. The van der Waals surface area contributed by atoms with Crippen LogP contribution in [-0.4, -0.2) is 16.6 Å². The number of thioether (sulfide) groups is 1. The van der Waals surface area contributed by atoms with Crippen molar-refractivity contribution in [3.05, 3.63) is 43.2 Å². The van der Waals surface area contributed by atoms with Gasteiger partial charge in [0.05, 0.1) is 10.8 Å². The minimum Gasteiger partial charge on any atom is -0.465 e. The number of nitriles is 2. The minimum atomic E-state index is -0.190. The molecule has 0 unspecified atom stereocenters. The summed E-state index contributed by atoms with van der Waals surface area (Å²) >= 11 is 2.85. The Morgan fingerprint density at radius 1 is 1.48 bits per heavy atom. The summed E-state index contributed by atoms with van der Waals surface area (Å²) < 4.78 is 7.74. The third-order valence-corrected chi connectivity index (χ3v) is 5.07. The topological polar surface area (TPSA) is 82.7 Å². The largest absolute Gasteiger partial charge is 0.465 e. The van der Waals surface area contributed by atoms with Gasteiger partial charge >= 0.3 is 0 Å². The van der Waals surface area contributed by atoms with Crippen LogP contribution in [0.1, 0.15) is 17.7 Å². The van der Waals surface area contributed by atoms with Gasteiger partial charge in [-0.1, -0.05) is 0 Å². The average Bonchev–Trinajstić information content (AvgIpc) is 3.08. The molecule has 0 spiro atoms. The molecular formula is C16H15N3O2S2. The van der Waals surface area contributed by atoms with E-state index >= 15 is 0 Å². The molecule has 118 valence electrons. The number of rotatable bonds is 5. The second-order valence-corrected chi connectivity index (χ2v) is 6.80. The van der Waals surface area contributed by atoms with Gasteiger partial charge in [0.1, 0.15) is 22.6 Å². The van der Waals surface area contributed by atoms with Gasteiger partial charge in [-0.15, -0.1) is 11.3 Å². The molecule has 0 N–H and O–H groups in total. The predicted octanol–water partition coefficient (Wildman–Crippen LogP) is 1.59. The van der Waals surface area contributed by atoms with Crippen molar-refractivity contribution < 1.29 is 4.42 Å². The Labute approximate surface area is 141 Å². The van der Waals surface area contributed by atoms with Gasteiger partial charge in [0.15, 0.2) is 5.57 Å². The fourth-order valence-electron chi connectivity index (χ4n) is 2.05. The Bertz CT molecular complexity index is 935. The van der Waals surface area contributed by atoms with E-state index in [2.05, 4.69) is 0 Å². The van der Waals surface area contributed by atoms with E-state index < -0.39 is 0 Å². The molecule has 23 heavy (non-hydrogen) atoms. The lowest BCUT2D eigenvalue weighted by Crippen LogP contribution is -2.32. The number of nitrogens with zero attached hydrogens (tertiary/aromatic N) is 3. The summed E-state index contributed by atoms with van der Waals surface area (Å²) in [5, 5.41) is 18.3. The van der Waals surface area contributed by atoms with E-state index in [0.717, 1.165) is 29.1 Å². The maximum atomic E-state index is 12.6. The molecule has 7 heteroatoms. The Balaban J connectivity index is 2.67. The summed E-state index contributed by atoms with van der Waals surface area (Å²) in [7, 11) is 0. The third kappa shape index (κ3) is 3.76. The highest BCUT2D eigenvalue weighted by Crippen LogP contribution is 2.08. The monoisotopic (exact) mass is 345 g/mol. The van der Waals surface area contributed by atoms with E-state index in [-0.39, 0.29) is 11.1 Å². The summed E-state index contributed by atoms with van der Waals surface area (Å²) in [6.07, 6.45) is 6.03. The van der Waals surface area contributed by atoms with Crippen molar-refractivity contribution in [2.75, 3.05) is 12.0 Å². The van der Waals surface area contributed by atoms with Gasteiger partial charge in [-0.2, -0.15) is 22.3 Å². The lowest BCUT2D eigenvalue weighted by molar-refractivity contribution is 0.554. The Morgan fingerprint density at radius 3 is 2.78 bits per heavy atom. The van der Waals surface area contributed by atoms with E-state index in [4.69, 9.17) is 14.9 Å². The quantitative estimate of drug-likeness (QED) is 0.769. The molecule has 2 heterocycles. The normalized spacial score (nSPS) is 11.2. The third-order valence-electron chi connectivity index (χ3n) is 3.24. The van der Waals surface area contributed by atoms with Crippen molar-refractivity contribution in [1.29, 1.82) is 10.5 Å². The van der Waals surface area contributed by atoms with Gasteiger partial charge in [-0.25, -0.2) is 0 Å². The van der Waals surface area contributed by atoms with E-state index in [1.807, 2.05) is 31.4 Å². The first-order chi connectivity index (χ1) is 11.1. The molecule has 5 nitrogen and oxygen atoms in total. The summed E-state index contributed by atoms with van der Waals surface area (Å²) in [4.78, 5) is 12.6. The van der Waals surface area contributed by atoms with Crippen molar-refractivity contribution in [1.82, 2.24) is 4.57 Å². The molecule has 0 fully saturated rings. The van der Waals surface area contributed by atoms with Crippen LogP contribution >= 0.6 is 23.1 Å². The highest BCUT2D eigenvalue weighted by Gasteiger charge is 2.10. The van der Waals surface area contributed by atoms with Crippen LogP contribution in [0.25, 0.3) is 11.6 Å². The van der Waals surface area contributed by atoms with Crippen molar-refractivity contribution in [2.45, 2.75) is 19.9 Å². The van der Waals surface area contributed by atoms with Gasteiger partial charge < -0.3 is 4.42 Å². The first-order valence-electron chi connectivity index (χ1n) is 6.91. The van der Waals surface area contributed by atoms with Crippen molar-refractivity contribution in [2.24, 2.45) is 0 Å². The molecule has 0 amide bonds. The Hall–Kier alpha value is -2.22. The fourth-order valence-corrected chi connectivity index (χ4v) is 3.51. The van der Waals surface area contributed by atoms with Crippen LogP contribution in [-0.2, 0) is 6.54 Å². The SMILES string of the molecule is CSCCCn1c(=C(C#N)C#N)sc(=Cc2occc2C)c1=O. The predicted molar refractivity (Wildman–Crippen MR) is 92.5 cm³/mol. The Morgan fingerprint density at radius 2 is 2.22 bits per heavy atom. The number of hydrogen-bond donors (Lipinski definition) is 0. The highest BCUT2D eigenvalue weighted by molar-refractivity contribution is 7.98. The standard InChI is InChI=1S/C16H15N3O2S2/c1-11-4-6-21-13(11)8-14-15(20)19(5-3-7-22-2)16(23-14)12(9-17)10-18/h4,6,8H,3,5,7H2,1-2H3. The van der Waals surface area contributed by atoms with Crippen molar-refractivity contribution in [3.63, 3.8) is 0 Å². The molecule has 0 atom stereocenters. The molecule has 0 aliphatic heterocycles. The number of aromatic nitrogens is 1. The number of aryl methyl sites for hydroxylation is 1. The summed E-state index contributed by atoms with van der Waals surface area (Å²) in [5.74, 6) is 1.52. The zero-order chi connectivity index (χ0) is 16.8. The molecule has 0 aliphatic carbocycles.